The summed E-state index contributed by atoms with van der Waals surface area (Å²) in [6.07, 6.45) is 2.59. The number of likely N-dealkylation sites (N-methyl/N-ethyl adjacent to an activating group) is 1. The molecule has 5 heteroatoms. The summed E-state index contributed by atoms with van der Waals surface area (Å²) in [7, 11) is 2.02. The van der Waals surface area contributed by atoms with Gasteiger partial charge in [-0.15, -0.1) is 0 Å². The molecule has 112 valence electrons. The Labute approximate surface area is 129 Å². The van der Waals surface area contributed by atoms with Gasteiger partial charge in [0.1, 0.15) is 5.82 Å². The summed E-state index contributed by atoms with van der Waals surface area (Å²) in [4.78, 5) is 4.62. The van der Waals surface area contributed by atoms with Crippen LogP contribution in [0.2, 0.25) is 0 Å². The van der Waals surface area contributed by atoms with Crippen LogP contribution < -0.4 is 5.73 Å². The Hall–Kier alpha value is -0.490. The minimum Gasteiger partial charge on any atom is -0.329 e. The maximum atomic E-state index is 14.0. The van der Waals surface area contributed by atoms with Gasteiger partial charge in [0, 0.05) is 35.7 Å². The monoisotopic (exact) mass is 343 g/mol. The quantitative estimate of drug-likeness (QED) is 0.861. The molecule has 1 aromatic carbocycles. The number of halogens is 2. The molecule has 0 amide bonds. The smallest absolute Gasteiger partial charge is 0.128 e. The van der Waals surface area contributed by atoms with Crippen LogP contribution >= 0.6 is 15.9 Å². The lowest BCUT2D eigenvalue weighted by molar-refractivity contribution is 0.206. The lowest BCUT2D eigenvalue weighted by atomic mass is 10.1. The summed E-state index contributed by atoms with van der Waals surface area (Å²) in [5, 5.41) is 0. The molecule has 1 aliphatic heterocycles. The van der Waals surface area contributed by atoms with Gasteiger partial charge in [-0.1, -0.05) is 15.9 Å². The van der Waals surface area contributed by atoms with Crippen LogP contribution in [0.15, 0.2) is 22.7 Å². The topological polar surface area (TPSA) is 32.5 Å². The molecule has 1 unspecified atom stereocenters. The highest BCUT2D eigenvalue weighted by atomic mass is 79.9. The zero-order valence-corrected chi connectivity index (χ0v) is 13.6. The van der Waals surface area contributed by atoms with E-state index in [4.69, 9.17) is 5.73 Å². The van der Waals surface area contributed by atoms with Crippen molar-refractivity contribution in [2.75, 3.05) is 39.8 Å². The van der Waals surface area contributed by atoms with Crippen molar-refractivity contribution in [1.82, 2.24) is 9.80 Å². The summed E-state index contributed by atoms with van der Waals surface area (Å²) in [6, 6.07) is 4.97. The summed E-state index contributed by atoms with van der Waals surface area (Å²) in [5.41, 5.74) is 6.54. The molecule has 0 aromatic heterocycles. The lowest BCUT2D eigenvalue weighted by Crippen LogP contribution is -2.37. The molecule has 1 aliphatic rings. The summed E-state index contributed by atoms with van der Waals surface area (Å²) >= 11 is 3.40. The Morgan fingerprint density at radius 2 is 2.10 bits per heavy atom. The average Bonchev–Trinajstić information content (AvgIpc) is 2.94. The molecular formula is C15H23BrFN3. The number of benzene rings is 1. The third kappa shape index (κ3) is 4.01. The molecule has 0 aliphatic carbocycles. The van der Waals surface area contributed by atoms with Gasteiger partial charge in [0.15, 0.2) is 0 Å². The van der Waals surface area contributed by atoms with Crippen LogP contribution in [0.1, 0.15) is 24.4 Å². The molecule has 3 nitrogen and oxygen atoms in total. The number of nitrogens with two attached hydrogens (primary N) is 1. The molecule has 1 atom stereocenters. The first-order valence-corrected chi connectivity index (χ1v) is 7.98. The van der Waals surface area contributed by atoms with E-state index in [1.807, 2.05) is 13.1 Å². The molecule has 0 bridgehead atoms. The zero-order chi connectivity index (χ0) is 14.5. The van der Waals surface area contributed by atoms with Gasteiger partial charge in [0.25, 0.3) is 0 Å². The van der Waals surface area contributed by atoms with Crippen molar-refractivity contribution in [3.05, 3.63) is 34.1 Å². The molecule has 0 saturated carbocycles. The fraction of sp³-hybridized carbons (Fsp3) is 0.600. The standard InChI is InChI=1S/C15H23BrFN3/c1-19(8-9-20-6-2-3-7-20)15(11-18)13-10-12(16)4-5-14(13)17/h4-5,10,15H,2-3,6-9,11,18H2,1H3. The predicted octanol–water partition coefficient (Wildman–Crippen LogP) is 2.62. The zero-order valence-electron chi connectivity index (χ0n) is 12.0. The maximum Gasteiger partial charge on any atom is 0.128 e. The van der Waals surface area contributed by atoms with Crippen molar-refractivity contribution in [3.8, 4) is 0 Å². The third-order valence-electron chi connectivity index (χ3n) is 4.04. The molecule has 1 aromatic rings. The van der Waals surface area contributed by atoms with E-state index in [0.29, 0.717) is 12.1 Å². The van der Waals surface area contributed by atoms with E-state index in [0.717, 1.165) is 17.6 Å². The molecule has 0 radical (unpaired) electrons. The van der Waals surface area contributed by atoms with Crippen LogP contribution in [0.4, 0.5) is 4.39 Å². The minimum atomic E-state index is -0.184. The first-order chi connectivity index (χ1) is 9.61. The molecule has 1 fully saturated rings. The van der Waals surface area contributed by atoms with Crippen LogP contribution in [-0.2, 0) is 0 Å². The van der Waals surface area contributed by atoms with E-state index in [9.17, 15) is 4.39 Å². The molecule has 1 saturated heterocycles. The summed E-state index contributed by atoms with van der Waals surface area (Å²) in [5.74, 6) is -0.184. The second-order valence-corrected chi connectivity index (χ2v) is 6.36. The van der Waals surface area contributed by atoms with E-state index < -0.39 is 0 Å². The van der Waals surface area contributed by atoms with Crippen molar-refractivity contribution < 1.29 is 4.39 Å². The Morgan fingerprint density at radius 1 is 1.40 bits per heavy atom. The number of likely N-dealkylation sites (tertiary alicyclic amines) is 1. The summed E-state index contributed by atoms with van der Waals surface area (Å²) < 4.78 is 14.9. The average molecular weight is 344 g/mol. The Bertz CT molecular complexity index is 435. The first-order valence-electron chi connectivity index (χ1n) is 7.19. The number of hydrogen-bond acceptors (Lipinski definition) is 3. The van der Waals surface area contributed by atoms with Gasteiger partial charge in [-0.3, -0.25) is 4.90 Å². The maximum absolute atomic E-state index is 14.0. The van der Waals surface area contributed by atoms with E-state index in [1.54, 1.807) is 6.07 Å². The largest absolute Gasteiger partial charge is 0.329 e. The molecule has 2 rings (SSSR count). The van der Waals surface area contributed by atoms with Gasteiger partial charge in [0.2, 0.25) is 0 Å². The van der Waals surface area contributed by atoms with Crippen molar-refractivity contribution in [1.29, 1.82) is 0 Å². The van der Waals surface area contributed by atoms with Gasteiger partial charge in [-0.25, -0.2) is 4.39 Å². The predicted molar refractivity (Wildman–Crippen MR) is 84.2 cm³/mol. The van der Waals surface area contributed by atoms with Crippen LogP contribution in [0.25, 0.3) is 0 Å². The highest BCUT2D eigenvalue weighted by molar-refractivity contribution is 9.10. The molecule has 1 heterocycles. The van der Waals surface area contributed by atoms with Gasteiger partial charge in [0.05, 0.1) is 0 Å². The second-order valence-electron chi connectivity index (χ2n) is 5.45. The van der Waals surface area contributed by atoms with Crippen molar-refractivity contribution in [3.63, 3.8) is 0 Å². The normalized spacial score (nSPS) is 17.9. The Balaban J connectivity index is 2.00. The Kier molecular flexibility index (Phi) is 5.96. The van der Waals surface area contributed by atoms with Crippen LogP contribution in [0.5, 0.6) is 0 Å². The second kappa shape index (κ2) is 7.50. The number of hydrogen-bond donors (Lipinski definition) is 1. The van der Waals surface area contributed by atoms with Crippen molar-refractivity contribution >= 4 is 15.9 Å². The Morgan fingerprint density at radius 3 is 2.75 bits per heavy atom. The van der Waals surface area contributed by atoms with Crippen LogP contribution in [-0.4, -0.2) is 49.6 Å². The fourth-order valence-corrected chi connectivity index (χ4v) is 3.15. The number of nitrogens with zero attached hydrogens (tertiary/aromatic N) is 2. The highest BCUT2D eigenvalue weighted by Crippen LogP contribution is 2.25. The van der Waals surface area contributed by atoms with E-state index in [2.05, 4.69) is 25.7 Å². The van der Waals surface area contributed by atoms with Crippen molar-refractivity contribution in [2.24, 2.45) is 5.73 Å². The van der Waals surface area contributed by atoms with Gasteiger partial charge >= 0.3 is 0 Å². The van der Waals surface area contributed by atoms with Gasteiger partial charge in [-0.2, -0.15) is 0 Å². The minimum absolute atomic E-state index is 0.0740. The fourth-order valence-electron chi connectivity index (χ4n) is 2.78. The van der Waals surface area contributed by atoms with Gasteiger partial charge < -0.3 is 10.6 Å². The highest BCUT2D eigenvalue weighted by Gasteiger charge is 2.20. The lowest BCUT2D eigenvalue weighted by Gasteiger charge is -2.29. The first kappa shape index (κ1) is 15.9. The van der Waals surface area contributed by atoms with E-state index in [1.165, 1.54) is 32.0 Å². The number of rotatable bonds is 6. The van der Waals surface area contributed by atoms with Crippen LogP contribution in [0, 0.1) is 5.82 Å². The molecule has 20 heavy (non-hydrogen) atoms. The molecule has 2 N–H and O–H groups in total. The van der Waals surface area contributed by atoms with E-state index in [-0.39, 0.29) is 11.9 Å². The molecular weight excluding hydrogens is 321 g/mol. The summed E-state index contributed by atoms with van der Waals surface area (Å²) in [6.45, 7) is 4.74. The SMILES string of the molecule is CN(CCN1CCCC1)C(CN)c1cc(Br)ccc1F. The van der Waals surface area contributed by atoms with E-state index >= 15 is 0 Å². The van der Waals surface area contributed by atoms with Gasteiger partial charge in [-0.05, 0) is 51.2 Å². The van der Waals surface area contributed by atoms with Crippen LogP contribution in [0.3, 0.4) is 0 Å². The van der Waals surface area contributed by atoms with Crippen molar-refractivity contribution in [2.45, 2.75) is 18.9 Å². The third-order valence-corrected chi connectivity index (χ3v) is 4.53. The molecule has 0 spiro atoms.